The van der Waals surface area contributed by atoms with Gasteiger partial charge < -0.3 is 4.57 Å². The van der Waals surface area contributed by atoms with Crippen molar-refractivity contribution in [2.45, 2.75) is 6.29 Å². The number of hydrogen-bond acceptors (Lipinski definition) is 4. The maximum Gasteiger partial charge on any atom is 0.305 e. The van der Waals surface area contributed by atoms with E-state index >= 15 is 0 Å². The van der Waals surface area contributed by atoms with Crippen LogP contribution in [-0.2, 0) is 7.05 Å². The molecule has 19 heavy (non-hydrogen) atoms. The van der Waals surface area contributed by atoms with Crippen LogP contribution in [0.2, 0.25) is 0 Å². The molecular weight excluding hydrogens is 240 g/mol. The van der Waals surface area contributed by atoms with E-state index in [0.717, 1.165) is 21.6 Å². The van der Waals surface area contributed by atoms with Crippen LogP contribution in [0.5, 0.6) is 0 Å². The highest BCUT2D eigenvalue weighted by atomic mass is 15.6. The minimum atomic E-state index is -0.0843. The minimum absolute atomic E-state index is 0.0843. The van der Waals surface area contributed by atoms with Crippen LogP contribution in [-0.4, -0.2) is 36.2 Å². The standard InChI is InChI=1S/C13H16N6/c1-17-8-11(10-6-4-5-7-12(10)17)15-16-13-18(2)9-14-19(13)3/h4-9,13H,1-3H3/p+1. The number of rotatable bonds is 2. The molecule has 1 aromatic carbocycles. The van der Waals surface area contributed by atoms with Crippen LogP contribution in [0.15, 0.2) is 45.8 Å². The molecular formula is C13H17N6+. The number of para-hydroxylation sites is 1. The fourth-order valence-corrected chi connectivity index (χ4v) is 2.29. The second kappa shape index (κ2) is 4.47. The van der Waals surface area contributed by atoms with Gasteiger partial charge in [0.2, 0.25) is 0 Å². The van der Waals surface area contributed by atoms with Crippen molar-refractivity contribution < 1.29 is 5.01 Å². The Kier molecular flexibility index (Phi) is 2.79. The first kappa shape index (κ1) is 11.9. The third kappa shape index (κ3) is 2.00. The number of fused-ring (bicyclic) bond motifs is 1. The highest BCUT2D eigenvalue weighted by Crippen LogP contribution is 2.27. The quantitative estimate of drug-likeness (QED) is 0.800. The maximum absolute atomic E-state index is 4.40. The van der Waals surface area contributed by atoms with Gasteiger partial charge in [0.25, 0.3) is 0 Å². The topological polar surface area (TPSA) is 49.7 Å². The van der Waals surface area contributed by atoms with Crippen LogP contribution in [0.1, 0.15) is 0 Å². The highest BCUT2D eigenvalue weighted by molar-refractivity contribution is 5.91. The normalized spacial score (nSPS) is 23.0. The fourth-order valence-electron chi connectivity index (χ4n) is 2.29. The molecule has 0 saturated carbocycles. The Morgan fingerprint density at radius 3 is 2.79 bits per heavy atom. The SMILES string of the molecule is CN1C=N[NH+](C)C1N=Nc1cn(C)c2ccccc12. The molecule has 6 nitrogen and oxygen atoms in total. The summed E-state index contributed by atoms with van der Waals surface area (Å²) in [7, 11) is 5.93. The Labute approximate surface area is 111 Å². The summed E-state index contributed by atoms with van der Waals surface area (Å²) in [5.74, 6) is 0. The van der Waals surface area contributed by atoms with Crippen molar-refractivity contribution in [2.75, 3.05) is 14.1 Å². The van der Waals surface area contributed by atoms with E-state index in [1.807, 2.05) is 44.4 Å². The predicted molar refractivity (Wildman–Crippen MR) is 74.4 cm³/mol. The molecule has 3 rings (SSSR count). The molecule has 1 aliphatic heterocycles. The summed E-state index contributed by atoms with van der Waals surface area (Å²) in [6.45, 7) is 0. The van der Waals surface area contributed by atoms with Gasteiger partial charge in [-0.25, -0.2) is 0 Å². The molecule has 0 saturated heterocycles. The summed E-state index contributed by atoms with van der Waals surface area (Å²) in [6, 6.07) is 8.19. The zero-order valence-corrected chi connectivity index (χ0v) is 11.3. The summed E-state index contributed by atoms with van der Waals surface area (Å²) < 4.78 is 2.06. The molecule has 2 heterocycles. The average Bonchev–Trinajstić information content (AvgIpc) is 2.90. The van der Waals surface area contributed by atoms with E-state index in [1.165, 1.54) is 0 Å². The van der Waals surface area contributed by atoms with Crippen LogP contribution >= 0.6 is 0 Å². The predicted octanol–water partition coefficient (Wildman–Crippen LogP) is 0.949. The lowest BCUT2D eigenvalue weighted by atomic mass is 10.2. The lowest BCUT2D eigenvalue weighted by Crippen LogP contribution is -3.07. The molecule has 0 spiro atoms. The van der Waals surface area contributed by atoms with E-state index in [2.05, 4.69) is 32.0 Å². The van der Waals surface area contributed by atoms with Gasteiger partial charge in [-0.3, -0.25) is 4.90 Å². The van der Waals surface area contributed by atoms with Crippen molar-refractivity contribution in [3.63, 3.8) is 0 Å². The van der Waals surface area contributed by atoms with Crippen molar-refractivity contribution in [3.05, 3.63) is 30.5 Å². The van der Waals surface area contributed by atoms with E-state index in [9.17, 15) is 0 Å². The molecule has 98 valence electrons. The summed E-state index contributed by atoms with van der Waals surface area (Å²) >= 11 is 0. The molecule has 1 aromatic heterocycles. The van der Waals surface area contributed by atoms with E-state index in [1.54, 1.807) is 6.34 Å². The number of hydrogen-bond donors (Lipinski definition) is 1. The molecule has 2 aromatic rings. The molecule has 1 aliphatic rings. The first-order valence-corrected chi connectivity index (χ1v) is 6.21. The number of benzene rings is 1. The maximum atomic E-state index is 4.40. The number of aromatic nitrogens is 1. The van der Waals surface area contributed by atoms with Gasteiger partial charge in [-0.1, -0.05) is 23.3 Å². The molecule has 1 N–H and O–H groups in total. The van der Waals surface area contributed by atoms with Gasteiger partial charge in [0.05, 0.1) is 12.6 Å². The third-order valence-corrected chi connectivity index (χ3v) is 3.35. The highest BCUT2D eigenvalue weighted by Gasteiger charge is 2.26. The Balaban J connectivity index is 1.94. The van der Waals surface area contributed by atoms with Gasteiger partial charge in [0.15, 0.2) is 6.34 Å². The Morgan fingerprint density at radius 2 is 2.05 bits per heavy atom. The lowest BCUT2D eigenvalue weighted by Gasteiger charge is -2.13. The molecule has 0 aliphatic carbocycles. The van der Waals surface area contributed by atoms with Crippen molar-refractivity contribution in [3.8, 4) is 0 Å². The number of quaternary nitrogens is 1. The first-order valence-electron chi connectivity index (χ1n) is 6.21. The Morgan fingerprint density at radius 1 is 1.26 bits per heavy atom. The van der Waals surface area contributed by atoms with Gasteiger partial charge >= 0.3 is 6.29 Å². The van der Waals surface area contributed by atoms with E-state index in [0.29, 0.717) is 0 Å². The van der Waals surface area contributed by atoms with Gasteiger partial charge in [0, 0.05) is 25.7 Å². The van der Waals surface area contributed by atoms with Crippen molar-refractivity contribution in [1.82, 2.24) is 9.47 Å². The molecule has 0 fully saturated rings. The number of nitrogens with one attached hydrogen (secondary N) is 1. The van der Waals surface area contributed by atoms with Crippen molar-refractivity contribution in [2.24, 2.45) is 22.4 Å². The molecule has 0 radical (unpaired) electrons. The lowest BCUT2D eigenvalue weighted by molar-refractivity contribution is -0.914. The van der Waals surface area contributed by atoms with Gasteiger partial charge in [-0.05, 0) is 6.07 Å². The van der Waals surface area contributed by atoms with Crippen LogP contribution in [0.3, 0.4) is 0 Å². The average molecular weight is 257 g/mol. The van der Waals surface area contributed by atoms with Crippen LogP contribution < -0.4 is 5.01 Å². The second-order valence-electron chi connectivity index (χ2n) is 4.78. The van der Waals surface area contributed by atoms with Gasteiger partial charge in [0.1, 0.15) is 5.69 Å². The van der Waals surface area contributed by atoms with Crippen LogP contribution in [0, 0.1) is 0 Å². The smallest absolute Gasteiger partial charge is 0.305 e. The fraction of sp³-hybridized carbons (Fsp3) is 0.308. The number of azo groups is 1. The van der Waals surface area contributed by atoms with Crippen molar-refractivity contribution in [1.29, 1.82) is 0 Å². The zero-order chi connectivity index (χ0) is 13.4. The number of aryl methyl sites for hydroxylation is 1. The largest absolute Gasteiger partial charge is 0.348 e. The monoisotopic (exact) mass is 257 g/mol. The summed E-state index contributed by atoms with van der Waals surface area (Å²) in [5.41, 5.74) is 2.05. The second-order valence-corrected chi connectivity index (χ2v) is 4.78. The summed E-state index contributed by atoms with van der Waals surface area (Å²) in [4.78, 5) is 1.95. The van der Waals surface area contributed by atoms with Crippen molar-refractivity contribution >= 4 is 22.9 Å². The van der Waals surface area contributed by atoms with Gasteiger partial charge in [-0.15, -0.1) is 10.2 Å². The molecule has 0 amide bonds. The Bertz CT molecular complexity index is 644. The van der Waals surface area contributed by atoms with Crippen LogP contribution in [0.4, 0.5) is 5.69 Å². The van der Waals surface area contributed by atoms with E-state index in [-0.39, 0.29) is 6.29 Å². The van der Waals surface area contributed by atoms with Crippen LogP contribution in [0.25, 0.3) is 10.9 Å². The van der Waals surface area contributed by atoms with Gasteiger partial charge in [-0.2, -0.15) is 5.01 Å². The Hall–Kier alpha value is -2.21. The third-order valence-electron chi connectivity index (χ3n) is 3.35. The molecule has 6 heteroatoms. The summed E-state index contributed by atoms with van der Waals surface area (Å²) in [6.07, 6.45) is 3.69. The number of nitrogens with zero attached hydrogens (tertiary/aromatic N) is 5. The molecule has 2 unspecified atom stereocenters. The first-order chi connectivity index (χ1) is 9.16. The minimum Gasteiger partial charge on any atom is -0.348 e. The van der Waals surface area contributed by atoms with E-state index < -0.39 is 0 Å². The molecule has 2 atom stereocenters. The molecule has 0 bridgehead atoms. The zero-order valence-electron chi connectivity index (χ0n) is 11.3. The summed E-state index contributed by atoms with van der Waals surface area (Å²) in [5, 5.41) is 15.1. The van der Waals surface area contributed by atoms with E-state index in [4.69, 9.17) is 0 Å².